The summed E-state index contributed by atoms with van der Waals surface area (Å²) in [4.78, 5) is 16.6. The van der Waals surface area contributed by atoms with Gasteiger partial charge in [-0.1, -0.05) is 26.7 Å². The summed E-state index contributed by atoms with van der Waals surface area (Å²) in [5, 5.41) is 6.28. The number of amides is 1. The molecule has 1 spiro atoms. The second-order valence-corrected chi connectivity index (χ2v) is 5.47. The molecule has 1 heterocycles. The van der Waals surface area contributed by atoms with Crippen molar-refractivity contribution in [1.29, 1.82) is 0 Å². The number of aliphatic imine (C=N–C) groups is 1. The molecule has 2 fully saturated rings. The molecule has 1 amide bonds. The topological polar surface area (TPSA) is 53.5 Å². The third-order valence-electron chi connectivity index (χ3n) is 4.07. The molecule has 2 atom stereocenters. The highest BCUT2D eigenvalue weighted by atomic mass is 16.2. The molecule has 1 saturated heterocycles. The van der Waals surface area contributed by atoms with Crippen LogP contribution in [0.5, 0.6) is 0 Å². The molecule has 4 heteroatoms. The van der Waals surface area contributed by atoms with Crippen LogP contribution >= 0.6 is 0 Å². The fraction of sp³-hybridized carbons (Fsp3) is 0.846. The molecule has 0 bridgehead atoms. The van der Waals surface area contributed by atoms with Gasteiger partial charge in [-0.3, -0.25) is 15.1 Å². The molecule has 2 unspecified atom stereocenters. The highest BCUT2D eigenvalue weighted by Gasteiger charge is 2.52. The lowest BCUT2D eigenvalue weighted by Gasteiger charge is -2.41. The number of nitrogens with zero attached hydrogens (tertiary/aromatic N) is 1. The van der Waals surface area contributed by atoms with E-state index in [0.29, 0.717) is 24.3 Å². The quantitative estimate of drug-likeness (QED) is 0.767. The highest BCUT2D eigenvalue weighted by Crippen LogP contribution is 2.40. The fourth-order valence-corrected chi connectivity index (χ4v) is 3.29. The normalized spacial score (nSPS) is 35.4. The Labute approximate surface area is 103 Å². The van der Waals surface area contributed by atoms with E-state index in [9.17, 15) is 4.79 Å². The van der Waals surface area contributed by atoms with Crippen LogP contribution in [0, 0.1) is 11.8 Å². The van der Waals surface area contributed by atoms with Gasteiger partial charge in [0.1, 0.15) is 5.54 Å². The van der Waals surface area contributed by atoms with Gasteiger partial charge in [0, 0.05) is 6.54 Å². The van der Waals surface area contributed by atoms with Gasteiger partial charge in [-0.25, -0.2) is 0 Å². The van der Waals surface area contributed by atoms with E-state index in [0.717, 1.165) is 19.3 Å². The van der Waals surface area contributed by atoms with Gasteiger partial charge >= 0.3 is 0 Å². The van der Waals surface area contributed by atoms with Gasteiger partial charge in [-0.05, 0) is 31.6 Å². The highest BCUT2D eigenvalue weighted by molar-refractivity contribution is 6.09. The van der Waals surface area contributed by atoms with E-state index in [2.05, 4.69) is 29.5 Å². The Morgan fingerprint density at radius 1 is 1.47 bits per heavy atom. The Morgan fingerprint density at radius 2 is 2.24 bits per heavy atom. The zero-order valence-corrected chi connectivity index (χ0v) is 11.0. The molecule has 0 aromatic carbocycles. The molecule has 2 aliphatic rings. The lowest BCUT2D eigenvalue weighted by Crippen LogP contribution is -2.56. The second kappa shape index (κ2) is 4.67. The summed E-state index contributed by atoms with van der Waals surface area (Å²) in [6, 6.07) is 0. The number of hydrogen-bond acceptors (Lipinski definition) is 2. The number of guanidine groups is 1. The minimum absolute atomic E-state index is 0.128. The smallest absolute Gasteiger partial charge is 0.252 e. The first-order valence-electron chi connectivity index (χ1n) is 6.74. The Morgan fingerprint density at radius 3 is 2.88 bits per heavy atom. The monoisotopic (exact) mass is 237 g/mol. The Hall–Kier alpha value is -1.06. The summed E-state index contributed by atoms with van der Waals surface area (Å²) in [5.41, 5.74) is -0.388. The van der Waals surface area contributed by atoms with Crippen molar-refractivity contribution in [3.8, 4) is 0 Å². The van der Waals surface area contributed by atoms with E-state index < -0.39 is 0 Å². The maximum Gasteiger partial charge on any atom is 0.252 e. The molecular formula is C13H23N3O. The van der Waals surface area contributed by atoms with Gasteiger partial charge in [-0.2, -0.15) is 0 Å². The van der Waals surface area contributed by atoms with Gasteiger partial charge in [-0.15, -0.1) is 0 Å². The van der Waals surface area contributed by atoms with Crippen molar-refractivity contribution in [3.05, 3.63) is 0 Å². The van der Waals surface area contributed by atoms with Gasteiger partial charge in [0.05, 0.1) is 0 Å². The van der Waals surface area contributed by atoms with Crippen LogP contribution in [0.15, 0.2) is 4.99 Å². The number of nitrogens with one attached hydrogen (secondary N) is 2. The third-order valence-corrected chi connectivity index (χ3v) is 4.07. The molecule has 2 rings (SSSR count). The van der Waals surface area contributed by atoms with Crippen LogP contribution in [0.4, 0.5) is 0 Å². The lowest BCUT2D eigenvalue weighted by molar-refractivity contribution is -0.128. The molecule has 0 aromatic rings. The predicted molar refractivity (Wildman–Crippen MR) is 68.8 cm³/mol. The van der Waals surface area contributed by atoms with Gasteiger partial charge in [0.25, 0.3) is 5.91 Å². The van der Waals surface area contributed by atoms with Crippen molar-refractivity contribution in [2.24, 2.45) is 16.8 Å². The van der Waals surface area contributed by atoms with Crippen LogP contribution in [0.2, 0.25) is 0 Å². The van der Waals surface area contributed by atoms with E-state index in [1.54, 1.807) is 0 Å². The minimum Gasteiger partial charge on any atom is -0.341 e. The number of hydrogen-bond donors (Lipinski definition) is 2. The van der Waals surface area contributed by atoms with Crippen LogP contribution in [-0.2, 0) is 4.79 Å². The average Bonchev–Trinajstić information content (AvgIpc) is 2.57. The molecule has 1 aliphatic heterocycles. The molecule has 2 N–H and O–H groups in total. The lowest BCUT2D eigenvalue weighted by atomic mass is 9.68. The maximum absolute atomic E-state index is 12.3. The Balaban J connectivity index is 2.26. The first kappa shape index (κ1) is 12.4. The van der Waals surface area contributed by atoms with Gasteiger partial charge < -0.3 is 5.32 Å². The molecule has 0 aromatic heterocycles. The van der Waals surface area contributed by atoms with Gasteiger partial charge in [0.2, 0.25) is 0 Å². The average molecular weight is 237 g/mol. The third kappa shape index (κ3) is 2.05. The SMILES string of the molecule is CCN=C1NC(=O)C2(CCCCC2C(C)C)N1. The van der Waals surface area contributed by atoms with Crippen molar-refractivity contribution in [3.63, 3.8) is 0 Å². The summed E-state index contributed by atoms with van der Waals surface area (Å²) < 4.78 is 0. The zero-order chi connectivity index (χ0) is 12.5. The van der Waals surface area contributed by atoms with Crippen LogP contribution in [-0.4, -0.2) is 24.0 Å². The van der Waals surface area contributed by atoms with E-state index in [4.69, 9.17) is 0 Å². The van der Waals surface area contributed by atoms with Crippen LogP contribution < -0.4 is 10.6 Å². The first-order chi connectivity index (χ1) is 8.10. The summed E-state index contributed by atoms with van der Waals surface area (Å²) in [7, 11) is 0. The zero-order valence-electron chi connectivity index (χ0n) is 11.0. The molecular weight excluding hydrogens is 214 g/mol. The minimum atomic E-state index is -0.388. The van der Waals surface area contributed by atoms with Crippen LogP contribution in [0.1, 0.15) is 46.5 Å². The summed E-state index contributed by atoms with van der Waals surface area (Å²) in [5.74, 6) is 1.74. The number of carbonyl (C=O) groups is 1. The first-order valence-corrected chi connectivity index (χ1v) is 6.74. The van der Waals surface area contributed by atoms with Crippen LogP contribution in [0.25, 0.3) is 0 Å². The summed E-state index contributed by atoms with van der Waals surface area (Å²) >= 11 is 0. The Bertz CT molecular complexity index is 338. The van der Waals surface area contributed by atoms with E-state index >= 15 is 0 Å². The Kier molecular flexibility index (Phi) is 3.40. The maximum atomic E-state index is 12.3. The van der Waals surface area contributed by atoms with Crippen molar-refractivity contribution in [2.45, 2.75) is 52.0 Å². The summed E-state index contributed by atoms with van der Waals surface area (Å²) in [6.07, 6.45) is 4.44. The van der Waals surface area contributed by atoms with E-state index in [1.807, 2.05) is 6.92 Å². The molecule has 0 radical (unpaired) electrons. The second-order valence-electron chi connectivity index (χ2n) is 5.47. The van der Waals surface area contributed by atoms with E-state index in [-0.39, 0.29) is 11.4 Å². The van der Waals surface area contributed by atoms with Crippen molar-refractivity contribution in [2.75, 3.05) is 6.54 Å². The van der Waals surface area contributed by atoms with Crippen LogP contribution in [0.3, 0.4) is 0 Å². The summed E-state index contributed by atoms with van der Waals surface area (Å²) in [6.45, 7) is 7.10. The molecule has 4 nitrogen and oxygen atoms in total. The molecule has 17 heavy (non-hydrogen) atoms. The van der Waals surface area contributed by atoms with Gasteiger partial charge in [0.15, 0.2) is 5.96 Å². The molecule has 96 valence electrons. The van der Waals surface area contributed by atoms with Crippen molar-refractivity contribution < 1.29 is 4.79 Å². The predicted octanol–water partition coefficient (Wildman–Crippen LogP) is 1.67. The number of rotatable bonds is 2. The van der Waals surface area contributed by atoms with Crippen molar-refractivity contribution in [1.82, 2.24) is 10.6 Å². The number of carbonyl (C=O) groups excluding carboxylic acids is 1. The molecule has 1 aliphatic carbocycles. The molecule has 1 saturated carbocycles. The van der Waals surface area contributed by atoms with E-state index in [1.165, 1.54) is 6.42 Å². The standard InChI is InChI=1S/C13H23N3O/c1-4-14-12-15-11(17)13(16-12)8-6-5-7-10(13)9(2)3/h9-10H,4-8H2,1-3H3,(H2,14,15,16,17). The van der Waals surface area contributed by atoms with Crippen molar-refractivity contribution >= 4 is 11.9 Å². The largest absolute Gasteiger partial charge is 0.341 e. The fourth-order valence-electron chi connectivity index (χ4n) is 3.29.